The molecule has 106 valence electrons. The Balaban J connectivity index is 2.00. The third-order valence-electron chi connectivity index (χ3n) is 2.94. The molecule has 0 saturated heterocycles. The Morgan fingerprint density at radius 3 is 2.50 bits per heavy atom. The molecule has 0 radical (unpaired) electrons. The molecular weight excluding hydrogens is 338 g/mol. The lowest BCUT2D eigenvalue weighted by molar-refractivity contribution is 0.414. The van der Waals surface area contributed by atoms with Crippen molar-refractivity contribution in [1.82, 2.24) is 0 Å². The standard InChI is InChI=1S/C15H16BrNO2S/c1-19-13-5-2-11(3-6-13)8-9-20(18)15-7-4-12(17)10-14(15)16/h2-7,10H,8-9,17H2,1H3. The lowest BCUT2D eigenvalue weighted by atomic mass is 10.2. The number of rotatable bonds is 5. The van der Waals surface area contributed by atoms with Crippen LogP contribution in [0.4, 0.5) is 5.69 Å². The van der Waals surface area contributed by atoms with Gasteiger partial charge in [-0.15, -0.1) is 0 Å². The Hall–Kier alpha value is -1.33. The van der Waals surface area contributed by atoms with Crippen molar-refractivity contribution in [2.75, 3.05) is 18.6 Å². The van der Waals surface area contributed by atoms with Crippen LogP contribution in [0.15, 0.2) is 51.8 Å². The Morgan fingerprint density at radius 2 is 1.90 bits per heavy atom. The molecule has 0 aliphatic rings. The van der Waals surface area contributed by atoms with E-state index in [0.29, 0.717) is 11.4 Å². The molecule has 1 unspecified atom stereocenters. The van der Waals surface area contributed by atoms with Crippen LogP contribution < -0.4 is 10.5 Å². The molecule has 0 bridgehead atoms. The van der Waals surface area contributed by atoms with Crippen LogP contribution >= 0.6 is 15.9 Å². The van der Waals surface area contributed by atoms with Crippen LogP contribution in [0, 0.1) is 0 Å². The second-order valence-corrected chi connectivity index (χ2v) is 6.73. The van der Waals surface area contributed by atoms with Crippen LogP contribution in [-0.4, -0.2) is 17.1 Å². The van der Waals surface area contributed by atoms with Crippen LogP contribution in [0.3, 0.4) is 0 Å². The van der Waals surface area contributed by atoms with Crippen molar-refractivity contribution < 1.29 is 8.95 Å². The van der Waals surface area contributed by atoms with E-state index in [0.717, 1.165) is 27.1 Å². The number of benzene rings is 2. The van der Waals surface area contributed by atoms with E-state index in [1.807, 2.05) is 30.3 Å². The zero-order valence-electron chi connectivity index (χ0n) is 11.1. The zero-order valence-corrected chi connectivity index (χ0v) is 13.5. The highest BCUT2D eigenvalue weighted by atomic mass is 79.9. The molecule has 0 aliphatic carbocycles. The molecular formula is C15H16BrNO2S. The van der Waals surface area contributed by atoms with Gasteiger partial charge in [0, 0.05) is 15.9 Å². The molecule has 2 aromatic carbocycles. The number of methoxy groups -OCH3 is 1. The van der Waals surface area contributed by atoms with E-state index in [2.05, 4.69) is 15.9 Å². The molecule has 20 heavy (non-hydrogen) atoms. The van der Waals surface area contributed by atoms with E-state index in [4.69, 9.17) is 10.5 Å². The van der Waals surface area contributed by atoms with Gasteiger partial charge in [-0.1, -0.05) is 12.1 Å². The summed E-state index contributed by atoms with van der Waals surface area (Å²) in [5.41, 5.74) is 7.48. The van der Waals surface area contributed by atoms with Gasteiger partial charge >= 0.3 is 0 Å². The van der Waals surface area contributed by atoms with Crippen LogP contribution in [0.5, 0.6) is 5.75 Å². The van der Waals surface area contributed by atoms with E-state index >= 15 is 0 Å². The van der Waals surface area contributed by atoms with Gasteiger partial charge in [-0.05, 0) is 58.2 Å². The number of hydrogen-bond donors (Lipinski definition) is 1. The molecule has 2 N–H and O–H groups in total. The minimum Gasteiger partial charge on any atom is -0.497 e. The maximum Gasteiger partial charge on any atom is 0.118 e. The highest BCUT2D eigenvalue weighted by Crippen LogP contribution is 2.23. The maximum absolute atomic E-state index is 12.3. The summed E-state index contributed by atoms with van der Waals surface area (Å²) in [6, 6.07) is 13.2. The van der Waals surface area contributed by atoms with Gasteiger partial charge in [-0.2, -0.15) is 0 Å². The van der Waals surface area contributed by atoms with Gasteiger partial charge in [-0.25, -0.2) is 0 Å². The van der Waals surface area contributed by atoms with Crippen molar-refractivity contribution in [3.63, 3.8) is 0 Å². The van der Waals surface area contributed by atoms with Gasteiger partial charge in [0.2, 0.25) is 0 Å². The fourth-order valence-electron chi connectivity index (χ4n) is 1.81. The number of aryl methyl sites for hydroxylation is 1. The molecule has 2 rings (SSSR count). The van der Waals surface area contributed by atoms with Gasteiger partial charge < -0.3 is 10.5 Å². The summed E-state index contributed by atoms with van der Waals surface area (Å²) in [5, 5.41) is 0. The minimum absolute atomic E-state index is 0.578. The summed E-state index contributed by atoms with van der Waals surface area (Å²) >= 11 is 3.40. The van der Waals surface area contributed by atoms with Crippen molar-refractivity contribution in [3.05, 3.63) is 52.5 Å². The molecule has 0 spiro atoms. The summed E-state index contributed by atoms with van der Waals surface area (Å²) in [6.45, 7) is 0. The van der Waals surface area contributed by atoms with E-state index in [1.165, 1.54) is 0 Å². The summed E-state index contributed by atoms with van der Waals surface area (Å²) in [4.78, 5) is 0.785. The first-order chi connectivity index (χ1) is 9.60. The Bertz CT molecular complexity index is 614. The summed E-state index contributed by atoms with van der Waals surface area (Å²) in [7, 11) is 0.597. The second kappa shape index (κ2) is 6.90. The molecule has 0 aromatic heterocycles. The fraction of sp³-hybridized carbons (Fsp3) is 0.200. The number of nitrogen functional groups attached to an aromatic ring is 1. The predicted molar refractivity (Wildman–Crippen MR) is 86.5 cm³/mol. The molecule has 5 heteroatoms. The topological polar surface area (TPSA) is 52.3 Å². The number of hydrogen-bond acceptors (Lipinski definition) is 3. The van der Waals surface area contributed by atoms with Crippen LogP contribution in [0.1, 0.15) is 5.56 Å². The number of ether oxygens (including phenoxy) is 1. The SMILES string of the molecule is COc1ccc(CCS(=O)c2ccc(N)cc2Br)cc1. The monoisotopic (exact) mass is 353 g/mol. The molecule has 3 nitrogen and oxygen atoms in total. The van der Waals surface area contributed by atoms with Crippen molar-refractivity contribution in [1.29, 1.82) is 0 Å². The molecule has 0 amide bonds. The third kappa shape index (κ3) is 3.84. The van der Waals surface area contributed by atoms with Gasteiger partial charge in [0.05, 0.1) is 22.8 Å². The molecule has 2 aromatic rings. The Kier molecular flexibility index (Phi) is 5.20. The number of nitrogens with two attached hydrogens (primary N) is 1. The first-order valence-corrected chi connectivity index (χ1v) is 8.27. The summed E-state index contributed by atoms with van der Waals surface area (Å²) < 4.78 is 18.2. The minimum atomic E-state index is -1.04. The molecule has 0 aliphatic heterocycles. The average Bonchev–Trinajstić information content (AvgIpc) is 2.45. The number of anilines is 1. The normalized spacial score (nSPS) is 12.1. The van der Waals surface area contributed by atoms with Crippen molar-refractivity contribution in [3.8, 4) is 5.75 Å². The van der Waals surface area contributed by atoms with Crippen LogP contribution in [-0.2, 0) is 17.2 Å². The highest BCUT2D eigenvalue weighted by molar-refractivity contribution is 9.10. The van der Waals surface area contributed by atoms with Gasteiger partial charge in [-0.3, -0.25) is 4.21 Å². The lowest BCUT2D eigenvalue weighted by Crippen LogP contribution is -2.03. The smallest absolute Gasteiger partial charge is 0.118 e. The summed E-state index contributed by atoms with van der Waals surface area (Å²) in [5.74, 6) is 1.41. The zero-order chi connectivity index (χ0) is 14.5. The van der Waals surface area contributed by atoms with Crippen molar-refractivity contribution in [2.24, 2.45) is 0 Å². The molecule has 0 heterocycles. The van der Waals surface area contributed by atoms with E-state index in [9.17, 15) is 4.21 Å². The second-order valence-electron chi connectivity index (χ2n) is 4.34. The van der Waals surface area contributed by atoms with Gasteiger partial charge in [0.15, 0.2) is 0 Å². The average molecular weight is 354 g/mol. The third-order valence-corrected chi connectivity index (χ3v) is 5.28. The first kappa shape index (κ1) is 15.1. The lowest BCUT2D eigenvalue weighted by Gasteiger charge is -2.06. The number of halogens is 1. The largest absolute Gasteiger partial charge is 0.497 e. The summed E-state index contributed by atoms with van der Waals surface area (Å²) in [6.07, 6.45) is 0.757. The predicted octanol–water partition coefficient (Wildman–Crippen LogP) is 3.39. The maximum atomic E-state index is 12.3. The van der Waals surface area contributed by atoms with E-state index in [1.54, 1.807) is 19.2 Å². The van der Waals surface area contributed by atoms with Crippen LogP contribution in [0.2, 0.25) is 0 Å². The Morgan fingerprint density at radius 1 is 1.20 bits per heavy atom. The molecule has 1 atom stereocenters. The Labute approximate surface area is 129 Å². The fourth-order valence-corrected chi connectivity index (χ4v) is 3.89. The quantitative estimate of drug-likeness (QED) is 0.838. The van der Waals surface area contributed by atoms with Crippen molar-refractivity contribution in [2.45, 2.75) is 11.3 Å². The molecule has 0 saturated carbocycles. The van der Waals surface area contributed by atoms with Crippen LogP contribution in [0.25, 0.3) is 0 Å². The van der Waals surface area contributed by atoms with Crippen molar-refractivity contribution >= 4 is 32.4 Å². The van der Waals surface area contributed by atoms with Gasteiger partial charge in [0.1, 0.15) is 5.75 Å². The van der Waals surface area contributed by atoms with E-state index in [-0.39, 0.29) is 0 Å². The first-order valence-electron chi connectivity index (χ1n) is 6.16. The highest BCUT2D eigenvalue weighted by Gasteiger charge is 2.09. The molecule has 0 fully saturated rings. The van der Waals surface area contributed by atoms with E-state index < -0.39 is 10.8 Å². The van der Waals surface area contributed by atoms with Gasteiger partial charge in [0.25, 0.3) is 0 Å².